The van der Waals surface area contributed by atoms with Gasteiger partial charge in [0.2, 0.25) is 0 Å². The van der Waals surface area contributed by atoms with Crippen LogP contribution in [-0.2, 0) is 16.0 Å². The summed E-state index contributed by atoms with van der Waals surface area (Å²) in [5.41, 5.74) is 1.71. The van der Waals surface area contributed by atoms with Crippen LogP contribution in [0.4, 0.5) is 8.78 Å². The predicted molar refractivity (Wildman–Crippen MR) is 94.6 cm³/mol. The van der Waals surface area contributed by atoms with E-state index in [1.807, 2.05) is 0 Å². The van der Waals surface area contributed by atoms with Crippen molar-refractivity contribution in [2.75, 3.05) is 13.6 Å². The maximum Gasteiger partial charge on any atom is 0.172 e. The molecule has 1 aromatic rings. The van der Waals surface area contributed by atoms with Gasteiger partial charge in [0.25, 0.3) is 0 Å². The number of hydrogen-bond acceptors (Lipinski definition) is 4. The predicted octanol–water partition coefficient (Wildman–Crippen LogP) is 2.73. The molecule has 2 rings (SSSR count). The number of amidine groups is 1. The zero-order valence-electron chi connectivity index (χ0n) is 14.7. The first-order valence-corrected chi connectivity index (χ1v) is 8.23. The number of ketones is 1. The van der Waals surface area contributed by atoms with Gasteiger partial charge in [0.1, 0.15) is 12.1 Å². The molecular weight excluding hydrogens is 340 g/mol. The van der Waals surface area contributed by atoms with Gasteiger partial charge in [-0.05, 0) is 37.0 Å². The summed E-state index contributed by atoms with van der Waals surface area (Å²) in [6, 6.07) is 3.99. The number of benzene rings is 1. The van der Waals surface area contributed by atoms with Crippen LogP contribution >= 0.6 is 0 Å². The number of hydrogen-bond donors (Lipinski definition) is 2. The summed E-state index contributed by atoms with van der Waals surface area (Å²) in [5, 5.41) is 11.1. The molecule has 2 N–H and O–H groups in total. The van der Waals surface area contributed by atoms with E-state index in [4.69, 9.17) is 5.41 Å². The number of carbonyl (C=O) groups excluding carboxylic acids is 2. The molecule has 0 saturated carbocycles. The highest BCUT2D eigenvalue weighted by Gasteiger charge is 2.28. The average molecular weight is 361 g/mol. The van der Waals surface area contributed by atoms with Gasteiger partial charge in [0.05, 0.1) is 12.1 Å². The van der Waals surface area contributed by atoms with E-state index in [9.17, 15) is 18.4 Å². The van der Waals surface area contributed by atoms with Crippen molar-refractivity contribution in [3.63, 3.8) is 0 Å². The van der Waals surface area contributed by atoms with Crippen molar-refractivity contribution in [2.24, 2.45) is 0 Å². The molecule has 0 unspecified atom stereocenters. The first-order chi connectivity index (χ1) is 12.4. The van der Waals surface area contributed by atoms with Gasteiger partial charge >= 0.3 is 0 Å². The summed E-state index contributed by atoms with van der Waals surface area (Å²) in [7, 11) is 1.62. The largest absolute Gasteiger partial charge is 0.393 e. The van der Waals surface area contributed by atoms with Gasteiger partial charge in [-0.1, -0.05) is 12.1 Å². The van der Waals surface area contributed by atoms with E-state index in [2.05, 4.69) is 5.32 Å². The van der Waals surface area contributed by atoms with Crippen LogP contribution in [0.5, 0.6) is 0 Å². The second-order valence-corrected chi connectivity index (χ2v) is 6.01. The lowest BCUT2D eigenvalue weighted by Crippen LogP contribution is -2.34. The first-order valence-electron chi connectivity index (χ1n) is 8.23. The Bertz CT molecular complexity index is 800. The molecule has 1 aromatic carbocycles. The highest BCUT2D eigenvalue weighted by molar-refractivity contribution is 6.22. The number of carbonyl (C=O) groups is 2. The lowest BCUT2D eigenvalue weighted by atomic mass is 10.0. The normalized spacial score (nSPS) is 16.9. The van der Waals surface area contributed by atoms with Crippen molar-refractivity contribution in [3.8, 4) is 0 Å². The molecule has 0 amide bonds. The molecule has 0 radical (unpaired) electrons. The Morgan fingerprint density at radius 1 is 1.31 bits per heavy atom. The van der Waals surface area contributed by atoms with Crippen LogP contribution in [0.1, 0.15) is 25.3 Å². The second-order valence-electron chi connectivity index (χ2n) is 6.01. The van der Waals surface area contributed by atoms with Crippen LogP contribution in [-0.4, -0.2) is 36.4 Å². The minimum atomic E-state index is -0.916. The number of aldehydes is 1. The fourth-order valence-corrected chi connectivity index (χ4v) is 2.99. The number of halogens is 2. The molecule has 0 spiro atoms. The summed E-state index contributed by atoms with van der Waals surface area (Å²) in [4.78, 5) is 24.9. The summed E-state index contributed by atoms with van der Waals surface area (Å²) in [6.07, 6.45) is 2.66. The Labute approximate surface area is 150 Å². The summed E-state index contributed by atoms with van der Waals surface area (Å²) in [5.74, 6) is -2.13. The van der Waals surface area contributed by atoms with Crippen LogP contribution in [0, 0.1) is 17.0 Å². The third-order valence-electron chi connectivity index (χ3n) is 4.28. The Morgan fingerprint density at radius 2 is 2.04 bits per heavy atom. The summed E-state index contributed by atoms with van der Waals surface area (Å²) < 4.78 is 27.3. The first kappa shape index (κ1) is 19.5. The Kier molecular flexibility index (Phi) is 6.38. The van der Waals surface area contributed by atoms with Crippen molar-refractivity contribution in [3.05, 3.63) is 58.4 Å². The van der Waals surface area contributed by atoms with E-state index in [0.717, 1.165) is 6.07 Å². The van der Waals surface area contributed by atoms with Crippen molar-refractivity contribution in [1.29, 1.82) is 5.41 Å². The van der Waals surface area contributed by atoms with Crippen LogP contribution in [0.2, 0.25) is 0 Å². The maximum atomic E-state index is 13.9. The summed E-state index contributed by atoms with van der Waals surface area (Å²) >= 11 is 0. The van der Waals surface area contributed by atoms with E-state index in [1.54, 1.807) is 14.0 Å². The number of rotatable bonds is 6. The molecule has 138 valence electrons. The molecule has 0 aliphatic carbocycles. The van der Waals surface area contributed by atoms with Crippen LogP contribution in [0.25, 0.3) is 0 Å². The lowest BCUT2D eigenvalue weighted by Gasteiger charge is -2.26. The van der Waals surface area contributed by atoms with Gasteiger partial charge in [-0.15, -0.1) is 0 Å². The Balaban J connectivity index is 2.36. The van der Waals surface area contributed by atoms with Gasteiger partial charge in [-0.25, -0.2) is 8.78 Å². The standard InChI is InChI=1S/C19H21F2N3O2/c1-12-10-17(26)14(11-23-2)19(22)24(8-9-25)16(12)7-6-13-4-3-5-15(20)18(13)21/h3-5,9,11,22-23H,6-8,10H2,1-2H3/b14-11-,22-19?. The smallest absolute Gasteiger partial charge is 0.172 e. The highest BCUT2D eigenvalue weighted by Crippen LogP contribution is 2.27. The number of aryl methyl sites for hydroxylation is 1. The fraction of sp³-hybridized carbons (Fsp3) is 0.316. The van der Waals surface area contributed by atoms with E-state index < -0.39 is 11.6 Å². The van der Waals surface area contributed by atoms with Gasteiger partial charge in [-0.2, -0.15) is 0 Å². The topological polar surface area (TPSA) is 73.3 Å². The van der Waals surface area contributed by atoms with Crippen molar-refractivity contribution in [1.82, 2.24) is 10.2 Å². The second kappa shape index (κ2) is 8.51. The number of allylic oxidation sites excluding steroid dienone is 2. The Hall–Kier alpha value is -2.83. The van der Waals surface area contributed by atoms with Gasteiger partial charge in [-0.3, -0.25) is 10.2 Å². The molecule has 0 saturated heterocycles. The molecule has 0 fully saturated rings. The third-order valence-corrected chi connectivity index (χ3v) is 4.28. The third kappa shape index (κ3) is 4.04. The molecule has 7 heteroatoms. The molecule has 0 bridgehead atoms. The molecule has 1 aliphatic heterocycles. The SMILES string of the molecule is CN/C=C1\C(=N)N(CC=O)C(CCc2cccc(F)c2F)=C(C)CC1=O. The highest BCUT2D eigenvalue weighted by atomic mass is 19.2. The number of Topliss-reactive ketones (excluding diaryl/α,β-unsaturated/α-hetero) is 1. The van der Waals surface area contributed by atoms with Gasteiger partial charge < -0.3 is 15.0 Å². The average Bonchev–Trinajstić information content (AvgIpc) is 2.68. The molecule has 26 heavy (non-hydrogen) atoms. The van der Waals surface area contributed by atoms with Crippen molar-refractivity contribution < 1.29 is 18.4 Å². The van der Waals surface area contributed by atoms with Crippen molar-refractivity contribution >= 4 is 17.9 Å². The van der Waals surface area contributed by atoms with Gasteiger partial charge in [0, 0.05) is 25.4 Å². The molecule has 0 atom stereocenters. The maximum absolute atomic E-state index is 13.9. The fourth-order valence-electron chi connectivity index (χ4n) is 2.99. The van der Waals surface area contributed by atoms with E-state index in [-0.39, 0.29) is 48.6 Å². The number of nitrogens with zero attached hydrogens (tertiary/aromatic N) is 1. The van der Waals surface area contributed by atoms with E-state index in [0.29, 0.717) is 17.6 Å². The van der Waals surface area contributed by atoms with Crippen LogP contribution < -0.4 is 5.32 Å². The molecule has 5 nitrogen and oxygen atoms in total. The van der Waals surface area contributed by atoms with Crippen molar-refractivity contribution in [2.45, 2.75) is 26.2 Å². The number of nitrogens with one attached hydrogen (secondary N) is 2. The van der Waals surface area contributed by atoms with Crippen LogP contribution in [0.3, 0.4) is 0 Å². The minimum Gasteiger partial charge on any atom is -0.393 e. The Morgan fingerprint density at radius 3 is 2.69 bits per heavy atom. The minimum absolute atomic E-state index is 0.0805. The van der Waals surface area contributed by atoms with Gasteiger partial charge in [0.15, 0.2) is 17.4 Å². The zero-order valence-corrected chi connectivity index (χ0v) is 14.7. The molecule has 1 heterocycles. The molecular formula is C19H21F2N3O2. The monoisotopic (exact) mass is 361 g/mol. The quantitative estimate of drug-likeness (QED) is 0.604. The molecule has 0 aromatic heterocycles. The van der Waals surface area contributed by atoms with E-state index >= 15 is 0 Å². The van der Waals surface area contributed by atoms with E-state index in [1.165, 1.54) is 23.2 Å². The zero-order chi connectivity index (χ0) is 19.3. The summed E-state index contributed by atoms with van der Waals surface area (Å²) in [6.45, 7) is 1.66. The lowest BCUT2D eigenvalue weighted by molar-refractivity contribution is -0.114. The van der Waals surface area contributed by atoms with Crippen LogP contribution in [0.15, 0.2) is 41.2 Å². The molecule has 1 aliphatic rings.